The summed E-state index contributed by atoms with van der Waals surface area (Å²) in [6.07, 6.45) is 5.68. The number of pyridine rings is 1. The number of hydrogen-bond acceptors (Lipinski definition) is 4. The van der Waals surface area contributed by atoms with Gasteiger partial charge in [-0.25, -0.2) is 4.98 Å². The Morgan fingerprint density at radius 2 is 1.92 bits per heavy atom. The van der Waals surface area contributed by atoms with E-state index in [1.165, 1.54) is 0 Å². The van der Waals surface area contributed by atoms with Gasteiger partial charge in [0.25, 0.3) is 0 Å². The lowest BCUT2D eigenvalue weighted by Crippen LogP contribution is -2.14. The van der Waals surface area contributed by atoms with E-state index in [1.807, 2.05) is 30.3 Å². The average molecular weight is 357 g/mol. The fourth-order valence-corrected chi connectivity index (χ4v) is 2.36. The standard InChI is InChI=1S/C19H21ClN4O/c20-16-5-7-18(8-6-16)25-12-4-2-1-3-10-24-19(22)15-9-11-23-17(13-15)14-21/h5-9,11,13H,1-4,10,12H2,(H2,22,24). The number of ether oxygens (including phenoxy) is 1. The van der Waals surface area contributed by atoms with Crippen molar-refractivity contribution >= 4 is 17.4 Å². The highest BCUT2D eigenvalue weighted by atomic mass is 35.5. The maximum absolute atomic E-state index is 8.84. The summed E-state index contributed by atoms with van der Waals surface area (Å²) in [5.74, 6) is 1.29. The van der Waals surface area contributed by atoms with Crippen molar-refractivity contribution in [3.05, 3.63) is 58.9 Å². The van der Waals surface area contributed by atoms with Crippen molar-refractivity contribution in [2.75, 3.05) is 13.2 Å². The molecule has 25 heavy (non-hydrogen) atoms. The van der Waals surface area contributed by atoms with Crippen LogP contribution >= 0.6 is 11.6 Å². The molecule has 130 valence electrons. The van der Waals surface area contributed by atoms with Crippen molar-refractivity contribution in [2.24, 2.45) is 10.7 Å². The molecule has 0 aliphatic carbocycles. The predicted molar refractivity (Wildman–Crippen MR) is 100.0 cm³/mol. The molecule has 2 rings (SSSR count). The van der Waals surface area contributed by atoms with Crippen molar-refractivity contribution in [2.45, 2.75) is 25.7 Å². The largest absolute Gasteiger partial charge is 0.494 e. The van der Waals surface area contributed by atoms with Crippen LogP contribution in [0.15, 0.2) is 47.6 Å². The Hall–Kier alpha value is -2.58. The molecule has 0 bridgehead atoms. The van der Waals surface area contributed by atoms with Crippen LogP contribution in [-0.4, -0.2) is 24.0 Å². The molecule has 5 nitrogen and oxygen atoms in total. The predicted octanol–water partition coefficient (Wildman–Crippen LogP) is 3.95. The van der Waals surface area contributed by atoms with E-state index in [1.54, 1.807) is 18.3 Å². The van der Waals surface area contributed by atoms with E-state index < -0.39 is 0 Å². The lowest BCUT2D eigenvalue weighted by Gasteiger charge is -2.06. The van der Waals surface area contributed by atoms with Crippen LogP contribution < -0.4 is 10.5 Å². The van der Waals surface area contributed by atoms with Gasteiger partial charge in [-0.15, -0.1) is 0 Å². The molecule has 2 aromatic rings. The van der Waals surface area contributed by atoms with Crippen LogP contribution in [0.25, 0.3) is 0 Å². The van der Waals surface area contributed by atoms with Gasteiger partial charge in [0.2, 0.25) is 0 Å². The zero-order valence-corrected chi connectivity index (χ0v) is 14.7. The van der Waals surface area contributed by atoms with Gasteiger partial charge in [0.05, 0.1) is 6.61 Å². The number of nitrogens with zero attached hydrogens (tertiary/aromatic N) is 3. The highest BCUT2D eigenvalue weighted by Crippen LogP contribution is 2.16. The molecule has 0 aliphatic heterocycles. The molecule has 1 heterocycles. The quantitative estimate of drug-likeness (QED) is 0.419. The van der Waals surface area contributed by atoms with E-state index in [0.29, 0.717) is 29.7 Å². The van der Waals surface area contributed by atoms with Crippen LogP contribution in [0.5, 0.6) is 5.75 Å². The third-order valence-corrected chi connectivity index (χ3v) is 3.84. The zero-order chi connectivity index (χ0) is 17.9. The molecule has 2 N–H and O–H groups in total. The molecule has 6 heteroatoms. The summed E-state index contributed by atoms with van der Waals surface area (Å²) in [4.78, 5) is 8.27. The highest BCUT2D eigenvalue weighted by molar-refractivity contribution is 6.30. The first-order valence-electron chi connectivity index (χ1n) is 8.24. The maximum Gasteiger partial charge on any atom is 0.141 e. The molecule has 0 saturated carbocycles. The van der Waals surface area contributed by atoms with Crippen LogP contribution in [0.2, 0.25) is 5.02 Å². The van der Waals surface area contributed by atoms with Crippen molar-refractivity contribution < 1.29 is 4.74 Å². The van der Waals surface area contributed by atoms with E-state index in [9.17, 15) is 0 Å². The first kappa shape index (κ1) is 18.8. The number of aromatic nitrogens is 1. The van der Waals surface area contributed by atoms with Gasteiger partial charge in [-0.05, 0) is 55.7 Å². The van der Waals surface area contributed by atoms with E-state index in [0.717, 1.165) is 37.0 Å². The number of benzene rings is 1. The van der Waals surface area contributed by atoms with Crippen molar-refractivity contribution in [3.63, 3.8) is 0 Å². The van der Waals surface area contributed by atoms with E-state index in [4.69, 9.17) is 27.3 Å². The number of nitriles is 1. The number of nitrogens with two attached hydrogens (primary N) is 1. The SMILES string of the molecule is N#Cc1cc(C(N)=NCCCCCCOc2ccc(Cl)cc2)ccn1. The Bertz CT molecular complexity index is 738. The second-order valence-electron chi connectivity index (χ2n) is 5.53. The molecule has 0 radical (unpaired) electrons. The number of hydrogen-bond donors (Lipinski definition) is 1. The molecule has 1 aromatic carbocycles. The molecule has 0 saturated heterocycles. The Kier molecular flexibility index (Phi) is 7.74. The van der Waals surface area contributed by atoms with Crippen LogP contribution in [0, 0.1) is 11.3 Å². The average Bonchev–Trinajstić information content (AvgIpc) is 2.65. The Morgan fingerprint density at radius 3 is 2.68 bits per heavy atom. The normalized spacial score (nSPS) is 11.1. The molecule has 0 amide bonds. The molecule has 0 spiro atoms. The Labute approximate surface area is 153 Å². The molecule has 1 aromatic heterocycles. The van der Waals surface area contributed by atoms with Gasteiger partial charge in [-0.3, -0.25) is 4.99 Å². The molecule has 0 fully saturated rings. The molecule has 0 atom stereocenters. The Balaban J connectivity index is 1.59. The topological polar surface area (TPSA) is 84.3 Å². The minimum absolute atomic E-state index is 0.344. The lowest BCUT2D eigenvalue weighted by molar-refractivity contribution is 0.305. The van der Waals surface area contributed by atoms with E-state index in [-0.39, 0.29) is 0 Å². The number of aliphatic imine (C=N–C) groups is 1. The summed E-state index contributed by atoms with van der Waals surface area (Å²) in [5, 5.41) is 9.55. The number of amidine groups is 1. The summed E-state index contributed by atoms with van der Waals surface area (Å²) in [5.41, 5.74) is 7.02. The van der Waals surface area contributed by atoms with Gasteiger partial charge in [-0.1, -0.05) is 18.0 Å². The summed E-state index contributed by atoms with van der Waals surface area (Å²) in [6, 6.07) is 12.8. The smallest absolute Gasteiger partial charge is 0.141 e. The van der Waals surface area contributed by atoms with Gasteiger partial charge in [0.15, 0.2) is 0 Å². The Morgan fingerprint density at radius 1 is 1.16 bits per heavy atom. The van der Waals surface area contributed by atoms with Crippen LogP contribution in [0.1, 0.15) is 36.9 Å². The van der Waals surface area contributed by atoms with Gasteiger partial charge in [-0.2, -0.15) is 5.26 Å². The first-order chi connectivity index (χ1) is 12.2. The van der Waals surface area contributed by atoms with Crippen LogP contribution in [0.3, 0.4) is 0 Å². The second kappa shape index (κ2) is 10.3. The fourth-order valence-electron chi connectivity index (χ4n) is 2.23. The number of unbranched alkanes of at least 4 members (excludes halogenated alkanes) is 3. The monoisotopic (exact) mass is 356 g/mol. The van der Waals surface area contributed by atoms with E-state index in [2.05, 4.69) is 9.98 Å². The van der Waals surface area contributed by atoms with Gasteiger partial charge in [0, 0.05) is 23.3 Å². The maximum atomic E-state index is 8.84. The third-order valence-electron chi connectivity index (χ3n) is 3.59. The number of rotatable bonds is 9. The van der Waals surface area contributed by atoms with Crippen LogP contribution in [0.4, 0.5) is 0 Å². The van der Waals surface area contributed by atoms with Crippen LogP contribution in [-0.2, 0) is 0 Å². The summed E-state index contributed by atoms with van der Waals surface area (Å²) in [6.45, 7) is 1.37. The lowest BCUT2D eigenvalue weighted by atomic mass is 10.2. The summed E-state index contributed by atoms with van der Waals surface area (Å²) < 4.78 is 5.65. The molecular weight excluding hydrogens is 336 g/mol. The summed E-state index contributed by atoms with van der Waals surface area (Å²) >= 11 is 5.83. The highest BCUT2D eigenvalue weighted by Gasteiger charge is 2.00. The molecule has 0 aliphatic rings. The van der Waals surface area contributed by atoms with E-state index >= 15 is 0 Å². The minimum Gasteiger partial charge on any atom is -0.494 e. The fraction of sp³-hybridized carbons (Fsp3) is 0.316. The summed E-state index contributed by atoms with van der Waals surface area (Å²) in [7, 11) is 0. The third kappa shape index (κ3) is 6.82. The molecule has 0 unspecified atom stereocenters. The van der Waals surface area contributed by atoms with Gasteiger partial charge in [0.1, 0.15) is 23.3 Å². The first-order valence-corrected chi connectivity index (χ1v) is 8.61. The van der Waals surface area contributed by atoms with Gasteiger partial charge < -0.3 is 10.5 Å². The second-order valence-corrected chi connectivity index (χ2v) is 5.96. The van der Waals surface area contributed by atoms with Crippen molar-refractivity contribution in [3.8, 4) is 11.8 Å². The zero-order valence-electron chi connectivity index (χ0n) is 14.0. The van der Waals surface area contributed by atoms with Gasteiger partial charge >= 0.3 is 0 Å². The number of halogens is 1. The van der Waals surface area contributed by atoms with Crippen molar-refractivity contribution in [1.82, 2.24) is 4.98 Å². The minimum atomic E-state index is 0.344. The molecular formula is C19H21ClN4O. The van der Waals surface area contributed by atoms with Crippen molar-refractivity contribution in [1.29, 1.82) is 5.26 Å².